The van der Waals surface area contributed by atoms with E-state index >= 15 is 0 Å². The van der Waals surface area contributed by atoms with Gasteiger partial charge in [0.1, 0.15) is 11.6 Å². The van der Waals surface area contributed by atoms with E-state index in [0.29, 0.717) is 5.56 Å². The highest BCUT2D eigenvalue weighted by Crippen LogP contribution is 2.36. The Morgan fingerprint density at radius 2 is 2.10 bits per heavy atom. The number of aliphatic hydroxyl groups excluding tert-OH is 1. The van der Waals surface area contributed by atoms with E-state index in [1.54, 1.807) is 0 Å². The van der Waals surface area contributed by atoms with Gasteiger partial charge in [0, 0.05) is 17.2 Å². The van der Waals surface area contributed by atoms with Gasteiger partial charge in [0.2, 0.25) is 5.75 Å². The van der Waals surface area contributed by atoms with E-state index < -0.39 is 10.7 Å². The van der Waals surface area contributed by atoms with Crippen LogP contribution in [-0.2, 0) is 6.61 Å². The molecule has 8 heteroatoms. The Hall–Kier alpha value is -1.70. The van der Waals surface area contributed by atoms with Crippen molar-refractivity contribution in [2.45, 2.75) is 6.61 Å². The number of halogens is 3. The Balaban J connectivity index is 2.41. The molecule has 0 bridgehead atoms. The summed E-state index contributed by atoms with van der Waals surface area (Å²) in [4.78, 5) is 10.3. The lowest BCUT2D eigenvalue weighted by Gasteiger charge is -2.09. The normalized spacial score (nSPS) is 10.5. The van der Waals surface area contributed by atoms with E-state index in [1.807, 2.05) is 0 Å². The van der Waals surface area contributed by atoms with Crippen LogP contribution >= 0.6 is 27.5 Å². The standard InChI is InChI=1S/C13H8BrClFNO4/c14-9-4-12(17(19)20)13(5-11(9)16)21-8-2-1-7(6-18)10(15)3-8/h1-5,18H,6H2. The molecule has 2 aromatic rings. The number of nitro groups is 1. The van der Waals surface area contributed by atoms with Crippen molar-refractivity contribution >= 4 is 33.2 Å². The fourth-order valence-corrected chi connectivity index (χ4v) is 2.15. The molecule has 110 valence electrons. The van der Waals surface area contributed by atoms with E-state index in [1.165, 1.54) is 18.2 Å². The zero-order valence-corrected chi connectivity index (χ0v) is 12.7. The van der Waals surface area contributed by atoms with Crippen molar-refractivity contribution in [3.63, 3.8) is 0 Å². The number of nitrogens with zero attached hydrogens (tertiary/aromatic N) is 1. The van der Waals surface area contributed by atoms with Crippen molar-refractivity contribution in [3.05, 3.63) is 61.3 Å². The first-order valence-electron chi connectivity index (χ1n) is 5.63. The van der Waals surface area contributed by atoms with Crippen LogP contribution in [0.5, 0.6) is 11.5 Å². The molecule has 0 saturated heterocycles. The van der Waals surface area contributed by atoms with Gasteiger partial charge < -0.3 is 9.84 Å². The van der Waals surface area contributed by atoms with Crippen LogP contribution < -0.4 is 4.74 Å². The second-order valence-electron chi connectivity index (χ2n) is 4.00. The first-order chi connectivity index (χ1) is 9.92. The minimum absolute atomic E-state index is 0.0322. The first-order valence-corrected chi connectivity index (χ1v) is 6.80. The highest BCUT2D eigenvalue weighted by molar-refractivity contribution is 9.10. The summed E-state index contributed by atoms with van der Waals surface area (Å²) < 4.78 is 18.8. The predicted molar refractivity (Wildman–Crippen MR) is 78.2 cm³/mol. The van der Waals surface area contributed by atoms with Crippen LogP contribution in [0.1, 0.15) is 5.56 Å². The molecule has 0 radical (unpaired) electrons. The average molecular weight is 377 g/mol. The van der Waals surface area contributed by atoms with Crippen LogP contribution in [0.25, 0.3) is 0 Å². The van der Waals surface area contributed by atoms with Crippen molar-refractivity contribution in [1.82, 2.24) is 0 Å². The molecule has 0 amide bonds. The number of nitro benzene ring substituents is 1. The number of benzene rings is 2. The van der Waals surface area contributed by atoms with Crippen molar-refractivity contribution in [2.24, 2.45) is 0 Å². The summed E-state index contributed by atoms with van der Waals surface area (Å²) >= 11 is 8.78. The van der Waals surface area contributed by atoms with Crippen LogP contribution in [0.4, 0.5) is 10.1 Å². The van der Waals surface area contributed by atoms with E-state index in [9.17, 15) is 14.5 Å². The highest BCUT2D eigenvalue weighted by Gasteiger charge is 2.20. The molecule has 0 heterocycles. The third-order valence-electron chi connectivity index (χ3n) is 2.62. The summed E-state index contributed by atoms with van der Waals surface area (Å²) in [5, 5.41) is 20.2. The molecule has 0 aliphatic carbocycles. The minimum Gasteiger partial charge on any atom is -0.450 e. The molecule has 0 saturated carbocycles. The second kappa shape index (κ2) is 6.38. The van der Waals surface area contributed by atoms with Crippen LogP contribution in [-0.4, -0.2) is 10.0 Å². The lowest BCUT2D eigenvalue weighted by Crippen LogP contribution is -1.96. The maximum atomic E-state index is 13.5. The quantitative estimate of drug-likeness (QED) is 0.633. The van der Waals surface area contributed by atoms with E-state index in [2.05, 4.69) is 15.9 Å². The molecule has 0 aliphatic rings. The number of aliphatic hydroxyl groups is 1. The predicted octanol–water partition coefficient (Wildman–Crippen LogP) is 4.43. The summed E-state index contributed by atoms with van der Waals surface area (Å²) in [6, 6.07) is 6.31. The van der Waals surface area contributed by atoms with Crippen molar-refractivity contribution < 1.29 is 19.2 Å². The minimum atomic E-state index is -0.686. The van der Waals surface area contributed by atoms with Gasteiger partial charge in [0.25, 0.3) is 0 Å². The van der Waals surface area contributed by atoms with Crippen molar-refractivity contribution in [3.8, 4) is 11.5 Å². The first kappa shape index (κ1) is 15.7. The van der Waals surface area contributed by atoms with Gasteiger partial charge in [-0.2, -0.15) is 0 Å². The summed E-state index contributed by atoms with van der Waals surface area (Å²) in [6.45, 7) is -0.244. The zero-order valence-electron chi connectivity index (χ0n) is 10.3. The van der Waals surface area contributed by atoms with Gasteiger partial charge in [-0.15, -0.1) is 0 Å². The molecule has 1 N–H and O–H groups in total. The van der Waals surface area contributed by atoms with Crippen LogP contribution in [0, 0.1) is 15.9 Å². The third-order valence-corrected chi connectivity index (χ3v) is 3.58. The number of ether oxygens (including phenoxy) is 1. The molecular formula is C13H8BrClFNO4. The summed E-state index contributed by atoms with van der Waals surface area (Å²) in [5.41, 5.74) is 0.103. The van der Waals surface area contributed by atoms with Gasteiger partial charge in [-0.25, -0.2) is 4.39 Å². The molecule has 0 unspecified atom stereocenters. The van der Waals surface area contributed by atoms with E-state index in [0.717, 1.165) is 12.1 Å². The van der Waals surface area contributed by atoms with Gasteiger partial charge in [0.15, 0.2) is 0 Å². The lowest BCUT2D eigenvalue weighted by molar-refractivity contribution is -0.385. The Morgan fingerprint density at radius 3 is 2.67 bits per heavy atom. The van der Waals surface area contributed by atoms with Gasteiger partial charge in [0.05, 0.1) is 16.0 Å². The molecule has 2 rings (SSSR count). The van der Waals surface area contributed by atoms with Crippen LogP contribution in [0.3, 0.4) is 0 Å². The summed E-state index contributed by atoms with van der Waals surface area (Å²) in [7, 11) is 0. The molecular weight excluding hydrogens is 369 g/mol. The maximum absolute atomic E-state index is 13.5. The maximum Gasteiger partial charge on any atom is 0.312 e. The van der Waals surface area contributed by atoms with Crippen molar-refractivity contribution in [2.75, 3.05) is 0 Å². The number of hydrogen-bond donors (Lipinski definition) is 1. The van der Waals surface area contributed by atoms with Crippen LogP contribution in [0.2, 0.25) is 5.02 Å². The molecule has 0 fully saturated rings. The SMILES string of the molecule is O=[N+]([O-])c1cc(Br)c(F)cc1Oc1ccc(CO)c(Cl)c1. The molecule has 5 nitrogen and oxygen atoms in total. The molecule has 21 heavy (non-hydrogen) atoms. The number of hydrogen-bond acceptors (Lipinski definition) is 4. The smallest absolute Gasteiger partial charge is 0.312 e. The number of rotatable bonds is 4. The van der Waals surface area contributed by atoms with Crippen molar-refractivity contribution in [1.29, 1.82) is 0 Å². The lowest BCUT2D eigenvalue weighted by atomic mass is 10.2. The highest BCUT2D eigenvalue weighted by atomic mass is 79.9. The van der Waals surface area contributed by atoms with Gasteiger partial charge in [-0.3, -0.25) is 10.1 Å². The molecule has 0 atom stereocenters. The van der Waals surface area contributed by atoms with E-state index in [4.69, 9.17) is 21.4 Å². The zero-order chi connectivity index (χ0) is 15.6. The summed E-state index contributed by atoms with van der Waals surface area (Å²) in [6.07, 6.45) is 0. The van der Waals surface area contributed by atoms with Gasteiger partial charge in [-0.1, -0.05) is 17.7 Å². The Bertz CT molecular complexity index is 711. The van der Waals surface area contributed by atoms with Gasteiger partial charge >= 0.3 is 5.69 Å². The molecule has 2 aromatic carbocycles. The topological polar surface area (TPSA) is 72.6 Å². The molecule has 0 aromatic heterocycles. The average Bonchev–Trinajstić information content (AvgIpc) is 2.42. The Morgan fingerprint density at radius 1 is 1.38 bits per heavy atom. The second-order valence-corrected chi connectivity index (χ2v) is 5.27. The molecule has 0 aliphatic heterocycles. The van der Waals surface area contributed by atoms with Crippen LogP contribution in [0.15, 0.2) is 34.8 Å². The largest absolute Gasteiger partial charge is 0.450 e. The molecule has 0 spiro atoms. The Kier molecular flexibility index (Phi) is 4.76. The third kappa shape index (κ3) is 3.49. The fourth-order valence-electron chi connectivity index (χ4n) is 1.59. The van der Waals surface area contributed by atoms with Gasteiger partial charge in [-0.05, 0) is 33.6 Å². The summed E-state index contributed by atoms with van der Waals surface area (Å²) in [5.74, 6) is -0.732. The fraction of sp³-hybridized carbons (Fsp3) is 0.0769. The monoisotopic (exact) mass is 375 g/mol. The van der Waals surface area contributed by atoms with E-state index in [-0.39, 0.29) is 33.3 Å². The Labute approximate surface area is 132 Å².